The van der Waals surface area contributed by atoms with Crippen molar-refractivity contribution in [3.8, 4) is 0 Å². The van der Waals surface area contributed by atoms with Crippen molar-refractivity contribution in [2.75, 3.05) is 32.7 Å². The standard InChI is InChI=1S/C22H29N3O2/c1-17-15-21(18(2)25(17)10-9-20-7-5-4-6-8-20)22(27)16-23-11-13-24(14-12-23)19(3)26/h4-8,15H,9-14,16H2,1-3H3. The average molecular weight is 367 g/mol. The van der Waals surface area contributed by atoms with Gasteiger partial charge in [0.15, 0.2) is 5.78 Å². The van der Waals surface area contributed by atoms with Crippen molar-refractivity contribution in [2.45, 2.75) is 33.7 Å². The molecule has 3 rings (SSSR count). The topological polar surface area (TPSA) is 45.6 Å². The lowest BCUT2D eigenvalue weighted by molar-refractivity contribution is -0.130. The Morgan fingerprint density at radius 3 is 2.30 bits per heavy atom. The summed E-state index contributed by atoms with van der Waals surface area (Å²) in [4.78, 5) is 28.3. The normalized spacial score (nSPS) is 15.1. The van der Waals surface area contributed by atoms with Crippen molar-refractivity contribution in [1.29, 1.82) is 0 Å². The van der Waals surface area contributed by atoms with Gasteiger partial charge in [-0.25, -0.2) is 0 Å². The van der Waals surface area contributed by atoms with Crippen LogP contribution in [0.15, 0.2) is 36.4 Å². The predicted octanol–water partition coefficient (Wildman–Crippen LogP) is 2.69. The smallest absolute Gasteiger partial charge is 0.219 e. The molecule has 2 aromatic rings. The quantitative estimate of drug-likeness (QED) is 0.738. The Morgan fingerprint density at radius 2 is 1.67 bits per heavy atom. The molecule has 0 atom stereocenters. The number of hydrogen-bond acceptors (Lipinski definition) is 3. The van der Waals surface area contributed by atoms with Gasteiger partial charge in [-0.15, -0.1) is 0 Å². The van der Waals surface area contributed by atoms with Crippen molar-refractivity contribution in [3.63, 3.8) is 0 Å². The molecule has 144 valence electrons. The molecular weight excluding hydrogens is 338 g/mol. The number of ketones is 1. The summed E-state index contributed by atoms with van der Waals surface area (Å²) < 4.78 is 2.24. The minimum absolute atomic E-state index is 0.114. The Bertz CT molecular complexity index is 802. The minimum atomic E-state index is 0.114. The zero-order chi connectivity index (χ0) is 19.4. The zero-order valence-electron chi connectivity index (χ0n) is 16.6. The van der Waals surface area contributed by atoms with Crippen LogP contribution in [-0.4, -0.2) is 58.8 Å². The van der Waals surface area contributed by atoms with E-state index in [1.54, 1.807) is 6.92 Å². The van der Waals surface area contributed by atoms with Crippen LogP contribution in [0, 0.1) is 13.8 Å². The van der Waals surface area contributed by atoms with Crippen LogP contribution < -0.4 is 0 Å². The third kappa shape index (κ3) is 4.66. The first-order chi connectivity index (χ1) is 13.0. The molecule has 0 bridgehead atoms. The number of rotatable bonds is 6. The number of carbonyl (C=O) groups excluding carboxylic acids is 2. The van der Waals surface area contributed by atoms with Gasteiger partial charge in [0.2, 0.25) is 5.91 Å². The Balaban J connectivity index is 1.61. The number of aromatic nitrogens is 1. The maximum atomic E-state index is 12.9. The molecule has 0 radical (unpaired) electrons. The second-order valence-corrected chi connectivity index (χ2v) is 7.38. The van der Waals surface area contributed by atoms with Crippen molar-refractivity contribution in [3.05, 3.63) is 58.9 Å². The van der Waals surface area contributed by atoms with Gasteiger partial charge in [0.05, 0.1) is 6.54 Å². The van der Waals surface area contributed by atoms with Crippen LogP contribution in [0.25, 0.3) is 0 Å². The van der Waals surface area contributed by atoms with E-state index in [4.69, 9.17) is 0 Å². The molecule has 0 spiro atoms. The summed E-state index contributed by atoms with van der Waals surface area (Å²) in [5.41, 5.74) is 4.32. The van der Waals surface area contributed by atoms with Crippen LogP contribution >= 0.6 is 0 Å². The fraction of sp³-hybridized carbons (Fsp3) is 0.455. The summed E-state index contributed by atoms with van der Waals surface area (Å²) in [5, 5.41) is 0. The summed E-state index contributed by atoms with van der Waals surface area (Å²) in [7, 11) is 0. The highest BCUT2D eigenvalue weighted by Gasteiger charge is 2.22. The van der Waals surface area contributed by atoms with Gasteiger partial charge in [-0.2, -0.15) is 0 Å². The van der Waals surface area contributed by atoms with Crippen LogP contribution in [0.5, 0.6) is 0 Å². The third-order valence-corrected chi connectivity index (χ3v) is 5.53. The molecule has 1 aromatic heterocycles. The van der Waals surface area contributed by atoms with Gasteiger partial charge in [0, 0.05) is 56.6 Å². The third-order valence-electron chi connectivity index (χ3n) is 5.53. The number of Topliss-reactive ketones (excluding diaryl/α,β-unsaturated/α-hetero) is 1. The second kappa shape index (κ2) is 8.53. The van der Waals surface area contributed by atoms with Gasteiger partial charge in [-0.1, -0.05) is 30.3 Å². The van der Waals surface area contributed by atoms with Gasteiger partial charge in [0.25, 0.3) is 0 Å². The lowest BCUT2D eigenvalue weighted by Crippen LogP contribution is -2.49. The lowest BCUT2D eigenvalue weighted by Gasteiger charge is -2.33. The van der Waals surface area contributed by atoms with Gasteiger partial charge >= 0.3 is 0 Å². The highest BCUT2D eigenvalue weighted by atomic mass is 16.2. The summed E-state index contributed by atoms with van der Waals surface area (Å²) in [6.45, 7) is 9.96. The van der Waals surface area contributed by atoms with Crippen LogP contribution in [0.2, 0.25) is 0 Å². The highest BCUT2D eigenvalue weighted by molar-refractivity contribution is 5.99. The summed E-state index contributed by atoms with van der Waals surface area (Å²) in [6.07, 6.45) is 0.956. The molecule has 1 fully saturated rings. The lowest BCUT2D eigenvalue weighted by atomic mass is 10.1. The number of benzene rings is 1. The molecule has 0 N–H and O–H groups in total. The number of carbonyl (C=O) groups is 2. The van der Waals surface area contributed by atoms with E-state index >= 15 is 0 Å². The van der Waals surface area contributed by atoms with Crippen LogP contribution in [0.4, 0.5) is 0 Å². The SMILES string of the molecule is CC(=O)N1CCN(CC(=O)c2cc(C)n(CCc3ccccc3)c2C)CC1. The van der Waals surface area contributed by atoms with E-state index in [1.165, 1.54) is 5.56 Å². The molecule has 0 saturated carbocycles. The first kappa shape index (κ1) is 19.4. The molecule has 2 heterocycles. The number of aryl methyl sites for hydroxylation is 2. The summed E-state index contributed by atoms with van der Waals surface area (Å²) in [5.74, 6) is 0.285. The van der Waals surface area contributed by atoms with E-state index in [0.717, 1.165) is 43.0 Å². The summed E-state index contributed by atoms with van der Waals surface area (Å²) >= 11 is 0. The largest absolute Gasteiger partial charge is 0.348 e. The Kier molecular flexibility index (Phi) is 6.11. The maximum absolute atomic E-state index is 12.9. The van der Waals surface area contributed by atoms with Gasteiger partial charge in [-0.3, -0.25) is 14.5 Å². The summed E-state index contributed by atoms with van der Waals surface area (Å²) in [6, 6.07) is 12.5. The number of nitrogens with zero attached hydrogens (tertiary/aromatic N) is 3. The molecule has 1 aliphatic heterocycles. The molecule has 1 saturated heterocycles. The van der Waals surface area contributed by atoms with Crippen LogP contribution in [0.1, 0.15) is 34.2 Å². The second-order valence-electron chi connectivity index (χ2n) is 7.38. The molecule has 27 heavy (non-hydrogen) atoms. The Morgan fingerprint density at radius 1 is 1.00 bits per heavy atom. The van der Waals surface area contributed by atoms with Crippen molar-refractivity contribution >= 4 is 11.7 Å². The molecule has 0 aliphatic carbocycles. The van der Waals surface area contributed by atoms with Gasteiger partial charge in [0.1, 0.15) is 0 Å². The van der Waals surface area contributed by atoms with Gasteiger partial charge < -0.3 is 9.47 Å². The monoisotopic (exact) mass is 367 g/mol. The molecular formula is C22H29N3O2. The molecule has 1 aromatic carbocycles. The number of piperazine rings is 1. The van der Waals surface area contributed by atoms with E-state index in [1.807, 2.05) is 24.0 Å². The van der Waals surface area contributed by atoms with Crippen LogP contribution in [0.3, 0.4) is 0 Å². The van der Waals surface area contributed by atoms with Crippen LogP contribution in [-0.2, 0) is 17.8 Å². The van der Waals surface area contributed by atoms with E-state index < -0.39 is 0 Å². The predicted molar refractivity (Wildman–Crippen MR) is 107 cm³/mol. The first-order valence-corrected chi connectivity index (χ1v) is 9.67. The van der Waals surface area contributed by atoms with Crippen molar-refractivity contribution in [1.82, 2.24) is 14.4 Å². The Hall–Kier alpha value is -2.40. The zero-order valence-corrected chi connectivity index (χ0v) is 16.6. The Labute approximate surface area is 161 Å². The maximum Gasteiger partial charge on any atom is 0.219 e. The fourth-order valence-electron chi connectivity index (χ4n) is 3.82. The molecule has 1 aliphatic rings. The molecule has 1 amide bonds. The van der Waals surface area contributed by atoms with Crippen molar-refractivity contribution < 1.29 is 9.59 Å². The molecule has 0 unspecified atom stereocenters. The highest BCUT2D eigenvalue weighted by Crippen LogP contribution is 2.18. The fourth-order valence-corrected chi connectivity index (χ4v) is 3.82. The number of hydrogen-bond donors (Lipinski definition) is 0. The van der Waals surface area contributed by atoms with E-state index in [-0.39, 0.29) is 11.7 Å². The van der Waals surface area contributed by atoms with E-state index in [2.05, 4.69) is 40.7 Å². The molecule has 5 nitrogen and oxygen atoms in total. The first-order valence-electron chi connectivity index (χ1n) is 9.67. The minimum Gasteiger partial charge on any atom is -0.348 e. The van der Waals surface area contributed by atoms with E-state index in [0.29, 0.717) is 19.6 Å². The van der Waals surface area contributed by atoms with Crippen molar-refractivity contribution in [2.24, 2.45) is 0 Å². The van der Waals surface area contributed by atoms with E-state index in [9.17, 15) is 9.59 Å². The number of amides is 1. The average Bonchev–Trinajstić information content (AvgIpc) is 2.95. The molecule has 5 heteroatoms. The van der Waals surface area contributed by atoms with Gasteiger partial charge in [-0.05, 0) is 31.9 Å².